The van der Waals surface area contributed by atoms with Gasteiger partial charge >= 0.3 is 0 Å². The Bertz CT molecular complexity index is 67.0. The minimum Gasteiger partial charge on any atom is -0.481 e. The molecular formula is C4H10O5. The zero-order chi connectivity index (χ0) is 7.15. The van der Waals surface area contributed by atoms with E-state index in [4.69, 9.17) is 19.8 Å². The van der Waals surface area contributed by atoms with Crippen molar-refractivity contribution in [2.75, 3.05) is 0 Å². The van der Waals surface area contributed by atoms with Gasteiger partial charge in [-0.15, -0.1) is 0 Å². The van der Waals surface area contributed by atoms with Crippen LogP contribution in [0.3, 0.4) is 0 Å². The zero-order valence-corrected chi connectivity index (χ0v) is 5.21. The maximum atomic E-state index is 9.00. The van der Waals surface area contributed by atoms with E-state index >= 15 is 0 Å². The Morgan fingerprint density at radius 2 is 1.00 bits per heavy atom. The molecule has 0 amide bonds. The van der Waals surface area contributed by atoms with Crippen molar-refractivity contribution in [3.05, 3.63) is 0 Å². The normalized spacial score (nSPS) is 5.56. The van der Waals surface area contributed by atoms with Gasteiger partial charge < -0.3 is 15.7 Å². The average Bonchev–Trinajstić information content (AvgIpc) is 1.25. The van der Waals surface area contributed by atoms with Gasteiger partial charge in [-0.3, -0.25) is 9.59 Å². The monoisotopic (exact) mass is 138 g/mol. The third-order valence-corrected chi connectivity index (χ3v) is 0. The van der Waals surface area contributed by atoms with E-state index in [-0.39, 0.29) is 5.48 Å². The maximum absolute atomic E-state index is 9.00. The van der Waals surface area contributed by atoms with Gasteiger partial charge in [0.2, 0.25) is 0 Å². The summed E-state index contributed by atoms with van der Waals surface area (Å²) < 4.78 is 0. The van der Waals surface area contributed by atoms with E-state index in [0.717, 1.165) is 13.8 Å². The van der Waals surface area contributed by atoms with Crippen molar-refractivity contribution in [1.82, 2.24) is 0 Å². The average molecular weight is 138 g/mol. The fraction of sp³-hybridized carbons (Fsp3) is 0.500. The fourth-order valence-electron chi connectivity index (χ4n) is 0. The van der Waals surface area contributed by atoms with Gasteiger partial charge in [-0.2, -0.15) is 0 Å². The largest absolute Gasteiger partial charge is 0.481 e. The van der Waals surface area contributed by atoms with E-state index in [1.807, 2.05) is 0 Å². The van der Waals surface area contributed by atoms with Crippen LogP contribution >= 0.6 is 0 Å². The summed E-state index contributed by atoms with van der Waals surface area (Å²) >= 11 is 0. The third kappa shape index (κ3) is 137. The highest BCUT2D eigenvalue weighted by Crippen LogP contribution is 1.42. The molecule has 0 bridgehead atoms. The lowest BCUT2D eigenvalue weighted by Gasteiger charge is -1.59. The first kappa shape index (κ1) is 15.7. The lowest BCUT2D eigenvalue weighted by atomic mass is 10.9. The summed E-state index contributed by atoms with van der Waals surface area (Å²) in [5.41, 5.74) is 0. The van der Waals surface area contributed by atoms with Gasteiger partial charge in [-0.05, 0) is 0 Å². The van der Waals surface area contributed by atoms with Crippen LogP contribution in [0.2, 0.25) is 0 Å². The predicted molar refractivity (Wildman–Crippen MR) is 30.2 cm³/mol. The van der Waals surface area contributed by atoms with Gasteiger partial charge in [0, 0.05) is 13.8 Å². The van der Waals surface area contributed by atoms with Crippen LogP contribution in [-0.4, -0.2) is 27.6 Å². The number of hydrogen-bond donors (Lipinski definition) is 2. The molecule has 0 spiro atoms. The topological polar surface area (TPSA) is 106 Å². The molecule has 0 unspecified atom stereocenters. The number of carbonyl (C=O) groups is 2. The second kappa shape index (κ2) is 10.0. The molecule has 5 heteroatoms. The van der Waals surface area contributed by atoms with Gasteiger partial charge in [-0.1, -0.05) is 0 Å². The van der Waals surface area contributed by atoms with Crippen molar-refractivity contribution in [1.29, 1.82) is 0 Å². The summed E-state index contributed by atoms with van der Waals surface area (Å²) in [6.45, 7) is 2.17. The fourth-order valence-corrected chi connectivity index (χ4v) is 0. The van der Waals surface area contributed by atoms with Crippen LogP contribution in [0.4, 0.5) is 0 Å². The van der Waals surface area contributed by atoms with Gasteiger partial charge in [0.25, 0.3) is 11.9 Å². The zero-order valence-electron chi connectivity index (χ0n) is 5.21. The summed E-state index contributed by atoms with van der Waals surface area (Å²) in [4.78, 5) is 18.0. The van der Waals surface area contributed by atoms with Crippen LogP contribution in [0.25, 0.3) is 0 Å². The highest BCUT2D eigenvalue weighted by molar-refractivity contribution is 5.63. The molecule has 0 aliphatic heterocycles. The van der Waals surface area contributed by atoms with Crippen molar-refractivity contribution in [2.24, 2.45) is 0 Å². The molecular weight excluding hydrogens is 128 g/mol. The van der Waals surface area contributed by atoms with Crippen LogP contribution < -0.4 is 0 Å². The first-order valence-electron chi connectivity index (χ1n) is 1.86. The Labute approximate surface area is 52.2 Å². The van der Waals surface area contributed by atoms with Crippen molar-refractivity contribution >= 4 is 11.9 Å². The van der Waals surface area contributed by atoms with E-state index < -0.39 is 11.9 Å². The van der Waals surface area contributed by atoms with E-state index in [9.17, 15) is 0 Å². The first-order valence-corrected chi connectivity index (χ1v) is 1.86. The Balaban J connectivity index is -0.0000000720. The Kier molecular flexibility index (Phi) is 17.4. The maximum Gasteiger partial charge on any atom is 0.300 e. The molecule has 0 aromatic carbocycles. The van der Waals surface area contributed by atoms with Crippen molar-refractivity contribution in [2.45, 2.75) is 13.8 Å². The second-order valence-corrected chi connectivity index (χ2v) is 1.04. The number of rotatable bonds is 0. The van der Waals surface area contributed by atoms with E-state index in [0.29, 0.717) is 0 Å². The molecule has 0 saturated carbocycles. The summed E-state index contributed by atoms with van der Waals surface area (Å²) in [6.07, 6.45) is 0. The molecule has 56 valence electrons. The number of aliphatic carboxylic acids is 2. The molecule has 5 nitrogen and oxygen atoms in total. The van der Waals surface area contributed by atoms with Crippen LogP contribution in [0.15, 0.2) is 0 Å². The molecule has 0 saturated heterocycles. The molecule has 4 N–H and O–H groups in total. The molecule has 0 aromatic heterocycles. The summed E-state index contributed by atoms with van der Waals surface area (Å²) in [5, 5.41) is 14.8. The van der Waals surface area contributed by atoms with E-state index in [2.05, 4.69) is 0 Å². The molecule has 0 radical (unpaired) electrons. The smallest absolute Gasteiger partial charge is 0.300 e. The summed E-state index contributed by atoms with van der Waals surface area (Å²) in [6, 6.07) is 0. The standard InChI is InChI=1S/2C2H4O2.H2O/c2*1-2(3)4;/h2*1H3,(H,3,4);1H2. The van der Waals surface area contributed by atoms with Gasteiger partial charge in [0.05, 0.1) is 0 Å². The molecule has 0 fully saturated rings. The molecule has 9 heavy (non-hydrogen) atoms. The van der Waals surface area contributed by atoms with Crippen LogP contribution in [0.5, 0.6) is 0 Å². The van der Waals surface area contributed by atoms with Gasteiger partial charge in [0.1, 0.15) is 0 Å². The lowest BCUT2D eigenvalue weighted by Crippen LogP contribution is -1.78. The van der Waals surface area contributed by atoms with Crippen molar-refractivity contribution in [3.63, 3.8) is 0 Å². The molecule has 0 rings (SSSR count). The highest BCUT2D eigenvalue weighted by atomic mass is 16.4. The summed E-state index contributed by atoms with van der Waals surface area (Å²) in [5.74, 6) is -1.67. The highest BCUT2D eigenvalue weighted by Gasteiger charge is 1.65. The molecule has 0 aromatic rings. The SMILES string of the molecule is CC(=O)O.CC(=O)O.O. The number of carboxylic acids is 2. The molecule has 0 atom stereocenters. The van der Waals surface area contributed by atoms with Crippen molar-refractivity contribution < 1.29 is 25.3 Å². The van der Waals surface area contributed by atoms with E-state index in [1.54, 1.807) is 0 Å². The minimum absolute atomic E-state index is 0. The molecule has 0 aliphatic carbocycles. The molecule has 0 heterocycles. The molecule has 0 aliphatic rings. The second-order valence-electron chi connectivity index (χ2n) is 1.04. The number of carboxylic acid groups (broad SMARTS) is 2. The first-order chi connectivity index (χ1) is 3.46. The van der Waals surface area contributed by atoms with Crippen LogP contribution in [0, 0.1) is 0 Å². The Morgan fingerprint density at radius 3 is 1.00 bits per heavy atom. The van der Waals surface area contributed by atoms with E-state index in [1.165, 1.54) is 0 Å². The summed E-state index contributed by atoms with van der Waals surface area (Å²) in [7, 11) is 0. The van der Waals surface area contributed by atoms with Crippen LogP contribution in [-0.2, 0) is 9.59 Å². The Morgan fingerprint density at radius 1 is 1.00 bits per heavy atom. The lowest BCUT2D eigenvalue weighted by molar-refractivity contribution is -0.135. The van der Waals surface area contributed by atoms with Crippen LogP contribution in [0.1, 0.15) is 13.8 Å². The third-order valence-electron chi connectivity index (χ3n) is 0. The van der Waals surface area contributed by atoms with Gasteiger partial charge in [0.15, 0.2) is 0 Å². The minimum atomic E-state index is -0.833. The number of hydrogen-bond acceptors (Lipinski definition) is 2. The Hall–Kier alpha value is -1.10. The predicted octanol–water partition coefficient (Wildman–Crippen LogP) is -0.643. The van der Waals surface area contributed by atoms with Crippen molar-refractivity contribution in [3.8, 4) is 0 Å². The quantitative estimate of drug-likeness (QED) is 0.464. The van der Waals surface area contributed by atoms with Gasteiger partial charge in [-0.25, -0.2) is 0 Å².